The molecule has 0 unspecified atom stereocenters. The number of nitrogens with zero attached hydrogens (tertiary/aromatic N) is 2. The number of hydrogen-bond donors (Lipinski definition) is 1. The van der Waals surface area contributed by atoms with Crippen LogP contribution in [0.2, 0.25) is 0 Å². The number of rotatable bonds is 3. The van der Waals surface area contributed by atoms with Gasteiger partial charge in [0.1, 0.15) is 5.01 Å². The molecule has 0 spiro atoms. The summed E-state index contributed by atoms with van der Waals surface area (Å²) >= 11 is 1.71. The number of aromatic nitrogens is 2. The maximum Gasteiger partial charge on any atom is 0.107 e. The highest BCUT2D eigenvalue weighted by Crippen LogP contribution is 2.24. The third kappa shape index (κ3) is 1.97. The van der Waals surface area contributed by atoms with Gasteiger partial charge in [-0.3, -0.25) is 4.98 Å². The molecular formula is C10H11N3S. The van der Waals surface area contributed by atoms with Gasteiger partial charge in [0.25, 0.3) is 0 Å². The Kier molecular flexibility index (Phi) is 2.86. The molecule has 72 valence electrons. The van der Waals surface area contributed by atoms with E-state index < -0.39 is 0 Å². The fraction of sp³-hybridized carbons (Fsp3) is 0.200. The van der Waals surface area contributed by atoms with E-state index in [4.69, 9.17) is 0 Å². The normalized spacial score (nSPS) is 10.4. The average Bonchev–Trinajstić information content (AvgIpc) is 2.68. The Bertz CT molecular complexity index is 397. The van der Waals surface area contributed by atoms with Crippen LogP contribution >= 0.6 is 11.3 Å². The first-order valence-electron chi connectivity index (χ1n) is 4.40. The molecule has 2 heterocycles. The van der Waals surface area contributed by atoms with Crippen LogP contribution in [-0.2, 0) is 6.54 Å². The zero-order chi connectivity index (χ0) is 9.80. The number of thiazole rings is 1. The Hall–Kier alpha value is -1.26. The predicted octanol–water partition coefficient (Wildman–Crippen LogP) is 1.92. The lowest BCUT2D eigenvalue weighted by atomic mass is 10.2. The molecule has 0 bridgehead atoms. The molecule has 0 amide bonds. The molecule has 0 saturated carbocycles. The maximum atomic E-state index is 4.32. The van der Waals surface area contributed by atoms with Crippen LogP contribution < -0.4 is 5.32 Å². The van der Waals surface area contributed by atoms with Crippen molar-refractivity contribution in [2.45, 2.75) is 6.54 Å². The second-order valence-electron chi connectivity index (χ2n) is 2.88. The second-order valence-corrected chi connectivity index (χ2v) is 4.00. The fourth-order valence-corrected chi connectivity index (χ4v) is 2.13. The topological polar surface area (TPSA) is 37.8 Å². The molecule has 1 N–H and O–H groups in total. The SMILES string of the molecule is CNCc1ncc(-c2ccncc2)s1. The molecule has 0 aliphatic carbocycles. The fourth-order valence-electron chi connectivity index (χ4n) is 1.19. The van der Waals surface area contributed by atoms with E-state index in [-0.39, 0.29) is 0 Å². The molecule has 2 aromatic heterocycles. The number of pyridine rings is 1. The zero-order valence-corrected chi connectivity index (χ0v) is 8.71. The van der Waals surface area contributed by atoms with Crippen LogP contribution in [0.15, 0.2) is 30.7 Å². The van der Waals surface area contributed by atoms with Gasteiger partial charge in [0.15, 0.2) is 0 Å². The molecule has 0 fully saturated rings. The van der Waals surface area contributed by atoms with Gasteiger partial charge in [-0.15, -0.1) is 11.3 Å². The summed E-state index contributed by atoms with van der Waals surface area (Å²) in [5.41, 5.74) is 1.18. The van der Waals surface area contributed by atoms with Gasteiger partial charge in [0, 0.05) is 25.1 Å². The van der Waals surface area contributed by atoms with Crippen LogP contribution in [0.5, 0.6) is 0 Å². The Labute approximate surface area is 86.8 Å². The summed E-state index contributed by atoms with van der Waals surface area (Å²) in [5.74, 6) is 0. The molecule has 2 aromatic rings. The standard InChI is InChI=1S/C10H11N3S/c1-11-7-10-13-6-9(14-10)8-2-4-12-5-3-8/h2-6,11H,7H2,1H3. The van der Waals surface area contributed by atoms with Crippen molar-refractivity contribution in [3.8, 4) is 10.4 Å². The largest absolute Gasteiger partial charge is 0.314 e. The van der Waals surface area contributed by atoms with Crippen LogP contribution in [0.3, 0.4) is 0 Å². The van der Waals surface area contributed by atoms with Crippen molar-refractivity contribution in [1.29, 1.82) is 0 Å². The summed E-state index contributed by atoms with van der Waals surface area (Å²) in [6, 6.07) is 3.99. The molecule has 14 heavy (non-hydrogen) atoms. The smallest absolute Gasteiger partial charge is 0.107 e. The molecular weight excluding hydrogens is 194 g/mol. The van der Waals surface area contributed by atoms with Gasteiger partial charge in [0.2, 0.25) is 0 Å². The highest BCUT2D eigenvalue weighted by Gasteiger charge is 2.02. The molecule has 0 aliphatic rings. The maximum absolute atomic E-state index is 4.32. The minimum absolute atomic E-state index is 0.829. The second kappa shape index (κ2) is 4.30. The summed E-state index contributed by atoms with van der Waals surface area (Å²) in [7, 11) is 1.92. The van der Waals surface area contributed by atoms with Gasteiger partial charge < -0.3 is 5.32 Å². The van der Waals surface area contributed by atoms with Crippen LogP contribution in [0.25, 0.3) is 10.4 Å². The quantitative estimate of drug-likeness (QED) is 0.832. The third-order valence-corrected chi connectivity index (χ3v) is 2.89. The van der Waals surface area contributed by atoms with E-state index in [0.29, 0.717) is 0 Å². The van der Waals surface area contributed by atoms with Crippen molar-refractivity contribution in [2.24, 2.45) is 0 Å². The lowest BCUT2D eigenvalue weighted by molar-refractivity contribution is 0.810. The lowest BCUT2D eigenvalue weighted by Gasteiger charge is -1.93. The molecule has 4 heteroatoms. The van der Waals surface area contributed by atoms with Gasteiger partial charge in [-0.05, 0) is 24.7 Å². The number of nitrogens with one attached hydrogen (secondary N) is 1. The van der Waals surface area contributed by atoms with Crippen LogP contribution in [0.4, 0.5) is 0 Å². The van der Waals surface area contributed by atoms with Gasteiger partial charge >= 0.3 is 0 Å². The van der Waals surface area contributed by atoms with E-state index >= 15 is 0 Å². The minimum Gasteiger partial charge on any atom is -0.314 e. The van der Waals surface area contributed by atoms with Gasteiger partial charge in [-0.1, -0.05) is 0 Å². The highest BCUT2D eigenvalue weighted by atomic mass is 32.1. The van der Waals surface area contributed by atoms with Crippen molar-refractivity contribution >= 4 is 11.3 Å². The minimum atomic E-state index is 0.829. The lowest BCUT2D eigenvalue weighted by Crippen LogP contribution is -2.03. The zero-order valence-electron chi connectivity index (χ0n) is 7.90. The Morgan fingerprint density at radius 2 is 2.14 bits per heavy atom. The average molecular weight is 205 g/mol. The first-order valence-corrected chi connectivity index (χ1v) is 5.21. The van der Waals surface area contributed by atoms with E-state index in [1.165, 1.54) is 10.4 Å². The van der Waals surface area contributed by atoms with Crippen LogP contribution in [0.1, 0.15) is 5.01 Å². The number of hydrogen-bond acceptors (Lipinski definition) is 4. The first-order chi connectivity index (χ1) is 6.90. The van der Waals surface area contributed by atoms with Gasteiger partial charge in [-0.2, -0.15) is 0 Å². The Morgan fingerprint density at radius 1 is 1.36 bits per heavy atom. The first kappa shape index (κ1) is 9.30. The van der Waals surface area contributed by atoms with Crippen molar-refractivity contribution in [3.05, 3.63) is 35.7 Å². The summed E-state index contributed by atoms with van der Waals surface area (Å²) in [6.45, 7) is 0.829. The Morgan fingerprint density at radius 3 is 2.86 bits per heavy atom. The molecule has 0 radical (unpaired) electrons. The summed E-state index contributed by atoms with van der Waals surface area (Å²) in [6.07, 6.45) is 5.51. The van der Waals surface area contributed by atoms with Crippen molar-refractivity contribution < 1.29 is 0 Å². The summed E-state index contributed by atoms with van der Waals surface area (Å²) in [4.78, 5) is 9.50. The predicted molar refractivity (Wildman–Crippen MR) is 58.1 cm³/mol. The molecule has 0 atom stereocenters. The molecule has 0 aliphatic heterocycles. The Balaban J connectivity index is 2.25. The van der Waals surface area contributed by atoms with Crippen LogP contribution in [-0.4, -0.2) is 17.0 Å². The highest BCUT2D eigenvalue weighted by molar-refractivity contribution is 7.15. The van der Waals surface area contributed by atoms with Crippen molar-refractivity contribution in [3.63, 3.8) is 0 Å². The molecule has 0 aromatic carbocycles. The van der Waals surface area contributed by atoms with Crippen molar-refractivity contribution in [1.82, 2.24) is 15.3 Å². The van der Waals surface area contributed by atoms with Crippen LogP contribution in [0, 0.1) is 0 Å². The summed E-state index contributed by atoms with van der Waals surface area (Å²) < 4.78 is 0. The monoisotopic (exact) mass is 205 g/mol. The van der Waals surface area contributed by atoms with Gasteiger partial charge in [0.05, 0.1) is 4.88 Å². The van der Waals surface area contributed by atoms with E-state index in [0.717, 1.165) is 11.6 Å². The van der Waals surface area contributed by atoms with E-state index in [9.17, 15) is 0 Å². The van der Waals surface area contributed by atoms with E-state index in [2.05, 4.69) is 15.3 Å². The van der Waals surface area contributed by atoms with E-state index in [1.54, 1.807) is 23.7 Å². The van der Waals surface area contributed by atoms with Crippen molar-refractivity contribution in [2.75, 3.05) is 7.05 Å². The molecule has 2 rings (SSSR count). The summed E-state index contributed by atoms with van der Waals surface area (Å²) in [5, 5.41) is 4.19. The third-order valence-electron chi connectivity index (χ3n) is 1.85. The molecule has 3 nitrogen and oxygen atoms in total. The molecule has 0 saturated heterocycles. The van der Waals surface area contributed by atoms with E-state index in [1.807, 2.05) is 25.4 Å². The van der Waals surface area contributed by atoms with Gasteiger partial charge in [-0.25, -0.2) is 4.98 Å².